The van der Waals surface area contributed by atoms with Crippen LogP contribution in [0.1, 0.15) is 30.5 Å². The summed E-state index contributed by atoms with van der Waals surface area (Å²) in [6, 6.07) is 8.35. The molecule has 1 aliphatic rings. The second-order valence-electron chi connectivity index (χ2n) is 4.97. The van der Waals surface area contributed by atoms with Crippen molar-refractivity contribution in [3.8, 4) is 0 Å². The van der Waals surface area contributed by atoms with Crippen LogP contribution >= 0.6 is 15.9 Å². The second kappa shape index (κ2) is 4.20. The summed E-state index contributed by atoms with van der Waals surface area (Å²) < 4.78 is 8.52. The van der Waals surface area contributed by atoms with E-state index in [1.807, 2.05) is 6.07 Å². The van der Waals surface area contributed by atoms with Gasteiger partial charge in [0.1, 0.15) is 0 Å². The molecule has 1 aliphatic carbocycles. The van der Waals surface area contributed by atoms with Crippen molar-refractivity contribution in [3.05, 3.63) is 46.7 Å². The lowest BCUT2D eigenvalue weighted by atomic mass is 10.2. The number of fused-ring (bicyclic) bond motifs is 1. The van der Waals surface area contributed by atoms with Crippen LogP contribution in [0.3, 0.4) is 0 Å². The van der Waals surface area contributed by atoms with Crippen molar-refractivity contribution in [2.75, 3.05) is 0 Å². The van der Waals surface area contributed by atoms with Gasteiger partial charge in [-0.25, -0.2) is 0 Å². The summed E-state index contributed by atoms with van der Waals surface area (Å²) in [5, 5.41) is 5.27. The summed E-state index contributed by atoms with van der Waals surface area (Å²) >= 11 is 3.49. The first kappa shape index (κ1) is 11.2. The van der Waals surface area contributed by atoms with Crippen molar-refractivity contribution in [3.63, 3.8) is 0 Å². The van der Waals surface area contributed by atoms with Crippen molar-refractivity contribution in [1.82, 2.24) is 14.7 Å². The third-order valence-electron chi connectivity index (χ3n) is 3.46. The summed E-state index contributed by atoms with van der Waals surface area (Å²) in [6.45, 7) is 0.654. The summed E-state index contributed by atoms with van der Waals surface area (Å²) in [5.41, 5.74) is 1.18. The van der Waals surface area contributed by atoms with Gasteiger partial charge < -0.3 is 9.09 Å². The monoisotopic (exact) mass is 317 g/mol. The van der Waals surface area contributed by atoms with Crippen molar-refractivity contribution in [2.45, 2.75) is 25.3 Å². The molecule has 96 valence electrons. The number of halogens is 1. The molecule has 0 N–H and O–H groups in total. The molecule has 19 heavy (non-hydrogen) atoms. The van der Waals surface area contributed by atoms with E-state index in [0.717, 1.165) is 16.2 Å². The SMILES string of the molecule is Brc1ccc2c(ccn2Cc2noc(C3CC3)n2)c1. The molecule has 0 radical (unpaired) electrons. The molecule has 0 bridgehead atoms. The molecular weight excluding hydrogens is 306 g/mol. The highest BCUT2D eigenvalue weighted by Gasteiger charge is 2.29. The Labute approximate surface area is 118 Å². The molecule has 3 aromatic rings. The fraction of sp³-hybridized carbons (Fsp3) is 0.286. The summed E-state index contributed by atoms with van der Waals surface area (Å²) in [4.78, 5) is 4.46. The molecular formula is C14H12BrN3O. The lowest BCUT2D eigenvalue weighted by Crippen LogP contribution is -1.99. The maximum atomic E-state index is 5.29. The third kappa shape index (κ3) is 2.08. The molecule has 4 nitrogen and oxygen atoms in total. The average Bonchev–Trinajstić information content (AvgIpc) is 3.03. The zero-order valence-electron chi connectivity index (χ0n) is 10.2. The van der Waals surface area contributed by atoms with E-state index >= 15 is 0 Å². The molecule has 0 saturated heterocycles. The van der Waals surface area contributed by atoms with E-state index in [9.17, 15) is 0 Å². The largest absolute Gasteiger partial charge is 0.340 e. The summed E-state index contributed by atoms with van der Waals surface area (Å²) in [5.74, 6) is 2.06. The predicted molar refractivity (Wildman–Crippen MR) is 75.0 cm³/mol. The fourth-order valence-electron chi connectivity index (χ4n) is 2.29. The number of benzene rings is 1. The minimum absolute atomic E-state index is 0.513. The normalized spacial score (nSPS) is 15.2. The first-order valence-corrected chi connectivity index (χ1v) is 7.16. The number of nitrogens with zero attached hydrogens (tertiary/aromatic N) is 3. The Morgan fingerprint density at radius 3 is 3.05 bits per heavy atom. The maximum Gasteiger partial charge on any atom is 0.229 e. The smallest absolute Gasteiger partial charge is 0.229 e. The van der Waals surface area contributed by atoms with E-state index in [-0.39, 0.29) is 0 Å². The second-order valence-corrected chi connectivity index (χ2v) is 5.89. The van der Waals surface area contributed by atoms with E-state index in [4.69, 9.17) is 4.52 Å². The zero-order chi connectivity index (χ0) is 12.8. The molecule has 1 fully saturated rings. The van der Waals surface area contributed by atoms with Gasteiger partial charge in [0, 0.05) is 27.5 Å². The topological polar surface area (TPSA) is 43.9 Å². The van der Waals surface area contributed by atoms with Gasteiger partial charge in [-0.3, -0.25) is 0 Å². The van der Waals surface area contributed by atoms with Gasteiger partial charge >= 0.3 is 0 Å². The highest BCUT2D eigenvalue weighted by atomic mass is 79.9. The molecule has 1 aromatic carbocycles. The van der Waals surface area contributed by atoms with E-state index in [1.54, 1.807) is 0 Å². The lowest BCUT2D eigenvalue weighted by Gasteiger charge is -2.01. The Morgan fingerprint density at radius 1 is 1.32 bits per heavy atom. The van der Waals surface area contributed by atoms with E-state index < -0.39 is 0 Å². The number of rotatable bonds is 3. The van der Waals surface area contributed by atoms with Crippen molar-refractivity contribution in [1.29, 1.82) is 0 Å². The van der Waals surface area contributed by atoms with E-state index in [1.165, 1.54) is 23.7 Å². The number of hydrogen-bond acceptors (Lipinski definition) is 3. The minimum atomic E-state index is 0.513. The molecule has 0 aliphatic heterocycles. The van der Waals surface area contributed by atoms with Crippen LogP contribution in [0, 0.1) is 0 Å². The molecule has 5 heteroatoms. The Balaban J connectivity index is 1.66. The molecule has 4 rings (SSSR count). The predicted octanol–water partition coefficient (Wildman–Crippen LogP) is 3.71. The first-order valence-electron chi connectivity index (χ1n) is 6.36. The Bertz CT molecular complexity index is 742. The third-order valence-corrected chi connectivity index (χ3v) is 3.95. The zero-order valence-corrected chi connectivity index (χ0v) is 11.8. The maximum absolute atomic E-state index is 5.29. The van der Waals surface area contributed by atoms with Gasteiger partial charge in [0.15, 0.2) is 5.82 Å². The van der Waals surface area contributed by atoms with Gasteiger partial charge in [0.25, 0.3) is 0 Å². The van der Waals surface area contributed by atoms with Crippen LogP contribution in [0.25, 0.3) is 10.9 Å². The first-order chi connectivity index (χ1) is 9.29. The van der Waals surface area contributed by atoms with Gasteiger partial charge in [-0.05, 0) is 37.1 Å². The summed E-state index contributed by atoms with van der Waals surface area (Å²) in [7, 11) is 0. The highest BCUT2D eigenvalue weighted by molar-refractivity contribution is 9.10. The Kier molecular flexibility index (Phi) is 2.48. The van der Waals surface area contributed by atoms with Crippen LogP contribution in [-0.4, -0.2) is 14.7 Å². The average molecular weight is 318 g/mol. The molecule has 0 spiro atoms. The molecule has 1 saturated carbocycles. The van der Waals surface area contributed by atoms with Gasteiger partial charge in [-0.15, -0.1) is 0 Å². The molecule has 2 aromatic heterocycles. The fourth-order valence-corrected chi connectivity index (χ4v) is 2.67. The van der Waals surface area contributed by atoms with E-state index in [0.29, 0.717) is 12.5 Å². The highest BCUT2D eigenvalue weighted by Crippen LogP contribution is 2.38. The minimum Gasteiger partial charge on any atom is -0.340 e. The Hall–Kier alpha value is -1.62. The van der Waals surface area contributed by atoms with Gasteiger partial charge in [-0.2, -0.15) is 4.98 Å². The number of hydrogen-bond donors (Lipinski definition) is 0. The van der Waals surface area contributed by atoms with Gasteiger partial charge in [0.05, 0.1) is 6.54 Å². The quantitative estimate of drug-likeness (QED) is 0.739. The van der Waals surface area contributed by atoms with Crippen LogP contribution in [0.15, 0.2) is 39.5 Å². The Morgan fingerprint density at radius 2 is 2.21 bits per heavy atom. The standard InChI is InChI=1S/C14H12BrN3O/c15-11-3-4-12-10(7-11)5-6-18(12)8-13-16-14(19-17-13)9-1-2-9/h3-7,9H,1-2,8H2. The molecule has 0 unspecified atom stereocenters. The van der Waals surface area contributed by atoms with Crippen LogP contribution < -0.4 is 0 Å². The van der Waals surface area contributed by atoms with Crippen molar-refractivity contribution in [2.24, 2.45) is 0 Å². The van der Waals surface area contributed by atoms with Crippen LogP contribution in [0.5, 0.6) is 0 Å². The molecule has 2 heterocycles. The van der Waals surface area contributed by atoms with Crippen LogP contribution in [-0.2, 0) is 6.54 Å². The molecule has 0 atom stereocenters. The number of aromatic nitrogens is 3. The van der Waals surface area contributed by atoms with Crippen LogP contribution in [0.2, 0.25) is 0 Å². The molecule has 0 amide bonds. The van der Waals surface area contributed by atoms with Crippen LogP contribution in [0.4, 0.5) is 0 Å². The van der Waals surface area contributed by atoms with Gasteiger partial charge in [0.2, 0.25) is 5.89 Å². The summed E-state index contributed by atoms with van der Waals surface area (Å²) in [6.07, 6.45) is 4.43. The van der Waals surface area contributed by atoms with Crippen molar-refractivity contribution < 1.29 is 4.52 Å². The van der Waals surface area contributed by atoms with Gasteiger partial charge in [-0.1, -0.05) is 21.1 Å². The van der Waals surface area contributed by atoms with E-state index in [2.05, 4.69) is 55.0 Å². The lowest BCUT2D eigenvalue weighted by molar-refractivity contribution is 0.373. The van der Waals surface area contributed by atoms with Crippen molar-refractivity contribution >= 4 is 26.8 Å².